The quantitative estimate of drug-likeness (QED) is 0.738. The Labute approximate surface area is 134 Å². The molecule has 0 fully saturated rings. The number of hydrogen-bond donors (Lipinski definition) is 1. The van der Waals surface area contributed by atoms with Crippen LogP contribution in [0.4, 0.5) is 0 Å². The molecule has 2 rings (SSSR count). The molecule has 0 saturated carbocycles. The van der Waals surface area contributed by atoms with Crippen molar-refractivity contribution in [3.05, 3.63) is 68.7 Å². The van der Waals surface area contributed by atoms with E-state index < -0.39 is 0 Å². The van der Waals surface area contributed by atoms with Gasteiger partial charge in [0.25, 0.3) is 0 Å². The largest absolute Gasteiger partial charge is 0.306 e. The van der Waals surface area contributed by atoms with Crippen LogP contribution < -0.4 is 5.32 Å². The highest BCUT2D eigenvalue weighted by molar-refractivity contribution is 6.35. The summed E-state index contributed by atoms with van der Waals surface area (Å²) in [6, 6.07) is 13.3. The van der Waals surface area contributed by atoms with Gasteiger partial charge in [-0.1, -0.05) is 66.0 Å². The number of rotatable bonds is 5. The zero-order chi connectivity index (χ0) is 14.5. The van der Waals surface area contributed by atoms with Gasteiger partial charge >= 0.3 is 0 Å². The second-order valence-corrected chi connectivity index (χ2v) is 5.83. The second-order valence-electron chi connectivity index (χ2n) is 4.57. The molecule has 0 aromatic heterocycles. The van der Waals surface area contributed by atoms with Gasteiger partial charge in [-0.15, -0.1) is 0 Å². The molecule has 0 aliphatic carbocycles. The molecule has 0 heterocycles. The van der Waals surface area contributed by atoms with E-state index in [0.717, 1.165) is 29.1 Å². The Bertz CT molecular complexity index is 584. The first-order chi connectivity index (χ1) is 9.63. The summed E-state index contributed by atoms with van der Waals surface area (Å²) in [5, 5.41) is 5.50. The molecule has 0 radical (unpaired) electrons. The van der Waals surface area contributed by atoms with E-state index in [1.807, 2.05) is 36.4 Å². The van der Waals surface area contributed by atoms with Crippen LogP contribution in [0.3, 0.4) is 0 Å². The predicted octanol–water partition coefficient (Wildman–Crippen LogP) is 5.74. The molecular weight excluding hydrogens is 313 g/mol. The average Bonchev–Trinajstić information content (AvgIpc) is 2.42. The van der Waals surface area contributed by atoms with Gasteiger partial charge in [0.15, 0.2) is 0 Å². The van der Waals surface area contributed by atoms with Gasteiger partial charge in [0, 0.05) is 15.1 Å². The van der Waals surface area contributed by atoms with Crippen molar-refractivity contribution in [2.24, 2.45) is 0 Å². The highest BCUT2D eigenvalue weighted by Gasteiger charge is 2.18. The van der Waals surface area contributed by atoms with E-state index in [1.165, 1.54) is 0 Å². The van der Waals surface area contributed by atoms with Gasteiger partial charge in [0.05, 0.1) is 6.04 Å². The fourth-order valence-electron chi connectivity index (χ4n) is 2.12. The van der Waals surface area contributed by atoms with Crippen LogP contribution in [0.2, 0.25) is 15.1 Å². The summed E-state index contributed by atoms with van der Waals surface area (Å²) in [6.45, 7) is 3.01. The van der Waals surface area contributed by atoms with E-state index in [-0.39, 0.29) is 6.04 Å². The zero-order valence-corrected chi connectivity index (χ0v) is 13.4. The Morgan fingerprint density at radius 3 is 2.30 bits per heavy atom. The first kappa shape index (κ1) is 15.7. The summed E-state index contributed by atoms with van der Waals surface area (Å²) >= 11 is 18.6. The first-order valence-electron chi connectivity index (χ1n) is 6.56. The third kappa shape index (κ3) is 3.67. The van der Waals surface area contributed by atoms with Gasteiger partial charge in [-0.2, -0.15) is 0 Å². The minimum Gasteiger partial charge on any atom is -0.306 e. The summed E-state index contributed by atoms with van der Waals surface area (Å²) in [7, 11) is 0. The predicted molar refractivity (Wildman–Crippen MR) is 88.1 cm³/mol. The van der Waals surface area contributed by atoms with Gasteiger partial charge < -0.3 is 5.32 Å². The molecule has 1 nitrogen and oxygen atoms in total. The molecule has 0 aliphatic rings. The molecule has 0 bridgehead atoms. The van der Waals surface area contributed by atoms with Gasteiger partial charge in [-0.3, -0.25) is 0 Å². The highest BCUT2D eigenvalue weighted by Crippen LogP contribution is 2.33. The van der Waals surface area contributed by atoms with Crippen molar-refractivity contribution in [1.29, 1.82) is 0 Å². The van der Waals surface area contributed by atoms with E-state index in [1.54, 1.807) is 6.07 Å². The lowest BCUT2D eigenvalue weighted by Crippen LogP contribution is -2.23. The van der Waals surface area contributed by atoms with Crippen LogP contribution in [-0.4, -0.2) is 6.54 Å². The number of benzene rings is 2. The van der Waals surface area contributed by atoms with Crippen LogP contribution in [-0.2, 0) is 0 Å². The van der Waals surface area contributed by atoms with E-state index in [0.29, 0.717) is 10.0 Å². The van der Waals surface area contributed by atoms with Crippen LogP contribution in [0.25, 0.3) is 0 Å². The topological polar surface area (TPSA) is 12.0 Å². The molecule has 1 unspecified atom stereocenters. The Morgan fingerprint density at radius 2 is 1.65 bits per heavy atom. The van der Waals surface area contributed by atoms with E-state index in [9.17, 15) is 0 Å². The Balaban J connectivity index is 2.44. The molecule has 0 spiro atoms. The van der Waals surface area contributed by atoms with Crippen LogP contribution in [0, 0.1) is 0 Å². The molecular formula is C16H16Cl3N. The first-order valence-corrected chi connectivity index (χ1v) is 7.69. The minimum absolute atomic E-state index is 0.0339. The van der Waals surface area contributed by atoms with Crippen LogP contribution in [0.15, 0.2) is 42.5 Å². The smallest absolute Gasteiger partial charge is 0.0606 e. The normalized spacial score (nSPS) is 12.4. The fourth-order valence-corrected chi connectivity index (χ4v) is 2.88. The van der Waals surface area contributed by atoms with Gasteiger partial charge in [-0.25, -0.2) is 0 Å². The van der Waals surface area contributed by atoms with Crippen molar-refractivity contribution in [2.75, 3.05) is 6.54 Å². The summed E-state index contributed by atoms with van der Waals surface area (Å²) in [5.41, 5.74) is 2.00. The summed E-state index contributed by atoms with van der Waals surface area (Å²) < 4.78 is 0. The molecule has 2 aromatic carbocycles. The van der Waals surface area contributed by atoms with Crippen LogP contribution in [0.5, 0.6) is 0 Å². The van der Waals surface area contributed by atoms with E-state index in [2.05, 4.69) is 12.2 Å². The lowest BCUT2D eigenvalue weighted by atomic mass is 9.98. The summed E-state index contributed by atoms with van der Waals surface area (Å²) in [5.74, 6) is 0. The maximum atomic E-state index is 6.34. The maximum Gasteiger partial charge on any atom is 0.0606 e. The summed E-state index contributed by atoms with van der Waals surface area (Å²) in [6.07, 6.45) is 1.03. The Hall–Kier alpha value is -0.730. The SMILES string of the molecule is CCCNC(c1ccccc1Cl)c1ccc(Cl)cc1Cl. The second kappa shape index (κ2) is 7.33. The molecule has 2 aromatic rings. The van der Waals surface area contributed by atoms with Crippen LogP contribution in [0.1, 0.15) is 30.5 Å². The number of halogens is 3. The molecule has 0 saturated heterocycles. The molecule has 20 heavy (non-hydrogen) atoms. The lowest BCUT2D eigenvalue weighted by molar-refractivity contribution is 0.599. The highest BCUT2D eigenvalue weighted by atomic mass is 35.5. The van der Waals surface area contributed by atoms with Crippen molar-refractivity contribution in [2.45, 2.75) is 19.4 Å². The van der Waals surface area contributed by atoms with E-state index >= 15 is 0 Å². The average molecular weight is 329 g/mol. The monoisotopic (exact) mass is 327 g/mol. The van der Waals surface area contributed by atoms with Crippen molar-refractivity contribution in [1.82, 2.24) is 5.32 Å². The lowest BCUT2D eigenvalue weighted by Gasteiger charge is -2.22. The number of hydrogen-bond acceptors (Lipinski definition) is 1. The van der Waals surface area contributed by atoms with E-state index in [4.69, 9.17) is 34.8 Å². The van der Waals surface area contributed by atoms with Crippen molar-refractivity contribution >= 4 is 34.8 Å². The van der Waals surface area contributed by atoms with Crippen molar-refractivity contribution in [3.63, 3.8) is 0 Å². The molecule has 4 heteroatoms. The summed E-state index contributed by atoms with van der Waals surface area (Å²) in [4.78, 5) is 0. The number of nitrogens with one attached hydrogen (secondary N) is 1. The van der Waals surface area contributed by atoms with Gasteiger partial charge in [0.2, 0.25) is 0 Å². The van der Waals surface area contributed by atoms with Gasteiger partial charge in [0.1, 0.15) is 0 Å². The molecule has 0 amide bonds. The standard InChI is InChI=1S/C16H16Cl3N/c1-2-9-20-16(12-5-3-4-6-14(12)18)13-8-7-11(17)10-15(13)19/h3-8,10,16,20H,2,9H2,1H3. The van der Waals surface area contributed by atoms with Crippen molar-refractivity contribution in [3.8, 4) is 0 Å². The van der Waals surface area contributed by atoms with Crippen molar-refractivity contribution < 1.29 is 0 Å². The zero-order valence-electron chi connectivity index (χ0n) is 11.2. The third-order valence-corrected chi connectivity index (χ3v) is 3.99. The Kier molecular flexibility index (Phi) is 5.74. The molecule has 1 atom stereocenters. The molecule has 1 N–H and O–H groups in total. The molecule has 0 aliphatic heterocycles. The van der Waals surface area contributed by atoms with Gasteiger partial charge in [-0.05, 0) is 42.3 Å². The minimum atomic E-state index is -0.0339. The Morgan fingerprint density at radius 1 is 0.950 bits per heavy atom. The third-order valence-electron chi connectivity index (χ3n) is 3.09. The molecule has 106 valence electrons. The maximum absolute atomic E-state index is 6.34. The fraction of sp³-hybridized carbons (Fsp3) is 0.250. The van der Waals surface area contributed by atoms with Crippen LogP contribution >= 0.6 is 34.8 Å².